The van der Waals surface area contributed by atoms with Crippen LogP contribution in [0.2, 0.25) is 0 Å². The van der Waals surface area contributed by atoms with Crippen molar-refractivity contribution < 1.29 is 9.90 Å². The van der Waals surface area contributed by atoms with E-state index in [4.69, 9.17) is 5.11 Å². The minimum absolute atomic E-state index is 0. The summed E-state index contributed by atoms with van der Waals surface area (Å²) in [6.45, 7) is 5.40. The average molecular weight is 350 g/mol. The van der Waals surface area contributed by atoms with Crippen molar-refractivity contribution in [1.29, 1.82) is 0 Å². The van der Waals surface area contributed by atoms with Crippen LogP contribution in [-0.4, -0.2) is 66.7 Å². The molecule has 0 aromatic heterocycles. The van der Waals surface area contributed by atoms with E-state index in [0.717, 1.165) is 44.8 Å². The minimum Gasteiger partial charge on any atom is -0.396 e. The Morgan fingerprint density at radius 2 is 1.64 bits per heavy atom. The van der Waals surface area contributed by atoms with Gasteiger partial charge in [0.1, 0.15) is 0 Å². The van der Waals surface area contributed by atoms with Gasteiger partial charge in [-0.25, -0.2) is 0 Å². The summed E-state index contributed by atoms with van der Waals surface area (Å²) in [6.07, 6.45) is 0.828. The second-order valence-corrected chi connectivity index (χ2v) is 5.11. The number of carbonyl (C=O) groups is 1. The second kappa shape index (κ2) is 11.7. The molecule has 22 heavy (non-hydrogen) atoms. The first kappa shape index (κ1) is 21.1. The van der Waals surface area contributed by atoms with Crippen LogP contribution < -0.4 is 5.32 Å². The number of para-hydroxylation sites is 1. The summed E-state index contributed by atoms with van der Waals surface area (Å²) >= 11 is 0. The first-order valence-electron chi connectivity index (χ1n) is 7.18. The van der Waals surface area contributed by atoms with Gasteiger partial charge in [-0.05, 0) is 18.6 Å². The van der Waals surface area contributed by atoms with Crippen LogP contribution in [0.5, 0.6) is 0 Å². The molecule has 2 rings (SSSR count). The number of hydrogen-bond donors (Lipinski definition) is 2. The molecule has 0 spiro atoms. The third kappa shape index (κ3) is 7.42. The van der Waals surface area contributed by atoms with Gasteiger partial charge >= 0.3 is 0 Å². The summed E-state index contributed by atoms with van der Waals surface area (Å²) in [5, 5.41) is 11.7. The SMILES string of the molecule is Cl.Cl.O=C(CN1CCN(CCCO)CC1)Nc1ccccc1. The highest BCUT2D eigenvalue weighted by molar-refractivity contribution is 5.92. The molecule has 5 nitrogen and oxygen atoms in total. The molecule has 1 heterocycles. The van der Waals surface area contributed by atoms with Crippen LogP contribution in [0, 0.1) is 0 Å². The van der Waals surface area contributed by atoms with Crippen molar-refractivity contribution in [3.05, 3.63) is 30.3 Å². The van der Waals surface area contributed by atoms with Crippen LogP contribution in [0.25, 0.3) is 0 Å². The summed E-state index contributed by atoms with van der Waals surface area (Å²) in [5.41, 5.74) is 0.846. The molecule has 0 unspecified atom stereocenters. The number of carbonyl (C=O) groups excluding carboxylic acids is 1. The number of nitrogens with one attached hydrogen (secondary N) is 1. The first-order chi connectivity index (χ1) is 9.78. The van der Waals surface area contributed by atoms with Crippen molar-refractivity contribution in [2.24, 2.45) is 0 Å². The van der Waals surface area contributed by atoms with Crippen LogP contribution in [0.3, 0.4) is 0 Å². The number of aliphatic hydroxyl groups is 1. The van der Waals surface area contributed by atoms with E-state index in [2.05, 4.69) is 15.1 Å². The molecule has 0 radical (unpaired) electrons. The Hall–Kier alpha value is -0.850. The number of anilines is 1. The standard InChI is InChI=1S/C15H23N3O2.2ClH/c19-12-4-7-17-8-10-18(11-9-17)13-15(20)16-14-5-2-1-3-6-14;;/h1-3,5-6,19H,4,7-13H2,(H,16,20);2*1H. The summed E-state index contributed by atoms with van der Waals surface area (Å²) in [6, 6.07) is 9.54. The number of amides is 1. The van der Waals surface area contributed by atoms with Crippen LogP contribution in [0.4, 0.5) is 5.69 Å². The van der Waals surface area contributed by atoms with E-state index in [1.54, 1.807) is 0 Å². The smallest absolute Gasteiger partial charge is 0.238 e. The van der Waals surface area contributed by atoms with E-state index in [1.807, 2.05) is 30.3 Å². The Bertz CT molecular complexity index is 413. The Balaban J connectivity index is 0.00000220. The van der Waals surface area contributed by atoms with Gasteiger partial charge in [-0.15, -0.1) is 24.8 Å². The van der Waals surface area contributed by atoms with Crippen LogP contribution in [-0.2, 0) is 4.79 Å². The molecule has 1 aliphatic heterocycles. The number of aliphatic hydroxyl groups excluding tert-OH is 1. The molecule has 2 N–H and O–H groups in total. The van der Waals surface area contributed by atoms with Gasteiger partial charge in [-0.1, -0.05) is 18.2 Å². The van der Waals surface area contributed by atoms with Gasteiger partial charge < -0.3 is 15.3 Å². The van der Waals surface area contributed by atoms with E-state index < -0.39 is 0 Å². The zero-order valence-corrected chi connectivity index (χ0v) is 14.2. The highest BCUT2D eigenvalue weighted by atomic mass is 35.5. The normalized spacial score (nSPS) is 15.5. The monoisotopic (exact) mass is 349 g/mol. The molecule has 0 bridgehead atoms. The molecule has 1 saturated heterocycles. The molecule has 126 valence electrons. The van der Waals surface area contributed by atoms with Crippen molar-refractivity contribution in [3.8, 4) is 0 Å². The van der Waals surface area contributed by atoms with Gasteiger partial charge in [0.15, 0.2) is 0 Å². The Kier molecular flexibility index (Phi) is 11.2. The maximum atomic E-state index is 11.9. The number of piperazine rings is 1. The van der Waals surface area contributed by atoms with Crippen LogP contribution >= 0.6 is 24.8 Å². The summed E-state index contributed by atoms with van der Waals surface area (Å²) < 4.78 is 0. The highest BCUT2D eigenvalue weighted by Gasteiger charge is 2.18. The number of hydrogen-bond acceptors (Lipinski definition) is 4. The first-order valence-corrected chi connectivity index (χ1v) is 7.18. The quantitative estimate of drug-likeness (QED) is 0.816. The summed E-state index contributed by atoms with van der Waals surface area (Å²) in [5.74, 6) is 0.0417. The van der Waals surface area contributed by atoms with Gasteiger partial charge in [0.05, 0.1) is 6.54 Å². The molecule has 1 amide bonds. The number of nitrogens with zero attached hydrogens (tertiary/aromatic N) is 2. The van der Waals surface area contributed by atoms with Gasteiger partial charge in [-0.2, -0.15) is 0 Å². The third-order valence-electron chi connectivity index (χ3n) is 3.52. The van der Waals surface area contributed by atoms with E-state index in [1.165, 1.54) is 0 Å². The fraction of sp³-hybridized carbons (Fsp3) is 0.533. The van der Waals surface area contributed by atoms with Crippen molar-refractivity contribution in [2.75, 3.05) is 51.2 Å². The van der Waals surface area contributed by atoms with E-state index in [9.17, 15) is 4.79 Å². The van der Waals surface area contributed by atoms with Crippen molar-refractivity contribution in [2.45, 2.75) is 6.42 Å². The largest absolute Gasteiger partial charge is 0.396 e. The highest BCUT2D eigenvalue weighted by Crippen LogP contribution is 2.06. The maximum Gasteiger partial charge on any atom is 0.238 e. The fourth-order valence-electron chi connectivity index (χ4n) is 2.39. The minimum atomic E-state index is 0. The van der Waals surface area contributed by atoms with Crippen molar-refractivity contribution >= 4 is 36.4 Å². The summed E-state index contributed by atoms with van der Waals surface area (Å²) in [4.78, 5) is 16.4. The predicted molar refractivity (Wildman–Crippen MR) is 94.2 cm³/mol. The van der Waals surface area contributed by atoms with E-state index >= 15 is 0 Å². The molecule has 0 atom stereocenters. The number of rotatable bonds is 6. The van der Waals surface area contributed by atoms with Gasteiger partial charge in [-0.3, -0.25) is 9.69 Å². The third-order valence-corrected chi connectivity index (χ3v) is 3.52. The molecule has 0 aliphatic carbocycles. The molecular formula is C15H25Cl2N3O2. The fourth-order valence-corrected chi connectivity index (χ4v) is 2.39. The van der Waals surface area contributed by atoms with Gasteiger partial charge in [0.25, 0.3) is 0 Å². The zero-order valence-electron chi connectivity index (χ0n) is 12.6. The zero-order chi connectivity index (χ0) is 14.2. The van der Waals surface area contributed by atoms with Crippen molar-refractivity contribution in [3.63, 3.8) is 0 Å². The second-order valence-electron chi connectivity index (χ2n) is 5.11. The molecule has 1 fully saturated rings. The maximum absolute atomic E-state index is 11.9. The lowest BCUT2D eigenvalue weighted by Gasteiger charge is -2.34. The summed E-state index contributed by atoms with van der Waals surface area (Å²) in [7, 11) is 0. The van der Waals surface area contributed by atoms with Gasteiger partial charge in [0, 0.05) is 45.0 Å². The Labute approximate surface area is 144 Å². The lowest BCUT2D eigenvalue weighted by Crippen LogP contribution is -2.48. The van der Waals surface area contributed by atoms with E-state index in [0.29, 0.717) is 6.54 Å². The molecule has 7 heteroatoms. The van der Waals surface area contributed by atoms with E-state index in [-0.39, 0.29) is 37.3 Å². The van der Waals surface area contributed by atoms with Crippen LogP contribution in [0.1, 0.15) is 6.42 Å². The molecule has 1 aliphatic rings. The molecule has 0 saturated carbocycles. The Morgan fingerprint density at radius 1 is 1.05 bits per heavy atom. The molecule has 1 aromatic rings. The molecule has 1 aromatic carbocycles. The van der Waals surface area contributed by atoms with Crippen LogP contribution in [0.15, 0.2) is 30.3 Å². The number of halogens is 2. The topological polar surface area (TPSA) is 55.8 Å². The predicted octanol–water partition coefficient (Wildman–Crippen LogP) is 1.47. The average Bonchev–Trinajstić information content (AvgIpc) is 2.47. The lowest BCUT2D eigenvalue weighted by atomic mass is 10.3. The lowest BCUT2D eigenvalue weighted by molar-refractivity contribution is -0.117. The number of benzene rings is 1. The van der Waals surface area contributed by atoms with Crippen molar-refractivity contribution in [1.82, 2.24) is 9.80 Å². The van der Waals surface area contributed by atoms with Gasteiger partial charge in [0.2, 0.25) is 5.91 Å². The molecular weight excluding hydrogens is 325 g/mol. The Morgan fingerprint density at radius 3 is 2.23 bits per heavy atom.